The molecule has 2 heterocycles. The Morgan fingerprint density at radius 3 is 3.06 bits per heavy atom. The van der Waals surface area contributed by atoms with Crippen LogP contribution in [0, 0.1) is 12.8 Å². The van der Waals surface area contributed by atoms with Crippen molar-refractivity contribution in [1.29, 1.82) is 0 Å². The fraction of sp³-hybridized carbons (Fsp3) is 0.714. The van der Waals surface area contributed by atoms with Crippen LogP contribution in [-0.2, 0) is 0 Å². The molecule has 0 radical (unpaired) electrons. The predicted octanol–water partition coefficient (Wildman–Crippen LogP) is 3.05. The summed E-state index contributed by atoms with van der Waals surface area (Å²) in [5.74, 6) is 0.830. The summed E-state index contributed by atoms with van der Waals surface area (Å²) in [4.78, 5) is 3.95. The summed E-state index contributed by atoms with van der Waals surface area (Å²) in [6.45, 7) is 8.17. The minimum atomic E-state index is 0.502. The van der Waals surface area contributed by atoms with E-state index in [2.05, 4.69) is 42.6 Å². The van der Waals surface area contributed by atoms with E-state index in [4.69, 9.17) is 0 Å². The molecule has 2 rings (SSSR count). The van der Waals surface area contributed by atoms with E-state index in [1.807, 2.05) is 11.3 Å². The van der Waals surface area contributed by atoms with Crippen LogP contribution >= 0.6 is 11.3 Å². The second-order valence-electron chi connectivity index (χ2n) is 5.37. The van der Waals surface area contributed by atoms with E-state index in [0.29, 0.717) is 6.04 Å². The van der Waals surface area contributed by atoms with Gasteiger partial charge >= 0.3 is 0 Å². The molecule has 1 aromatic rings. The molecule has 0 amide bonds. The number of rotatable bonds is 4. The lowest BCUT2D eigenvalue weighted by atomic mass is 9.98. The molecule has 0 aliphatic carbocycles. The van der Waals surface area contributed by atoms with Crippen molar-refractivity contribution >= 4 is 11.3 Å². The molecule has 1 fully saturated rings. The lowest BCUT2D eigenvalue weighted by Gasteiger charge is -2.30. The van der Waals surface area contributed by atoms with Gasteiger partial charge in [-0.2, -0.15) is 0 Å². The second-order valence-corrected chi connectivity index (χ2v) is 6.32. The van der Waals surface area contributed by atoms with Gasteiger partial charge in [0.15, 0.2) is 0 Å². The molecular formula is C14H24N2S. The molecule has 1 aliphatic heterocycles. The van der Waals surface area contributed by atoms with Gasteiger partial charge in [-0.15, -0.1) is 11.3 Å². The Kier molecular flexibility index (Phi) is 4.60. The number of hydrogen-bond donors (Lipinski definition) is 1. The highest BCUT2D eigenvalue weighted by Gasteiger charge is 2.18. The average molecular weight is 252 g/mol. The van der Waals surface area contributed by atoms with Crippen molar-refractivity contribution in [2.45, 2.75) is 32.7 Å². The fourth-order valence-electron chi connectivity index (χ4n) is 2.70. The summed E-state index contributed by atoms with van der Waals surface area (Å²) in [7, 11) is 2.24. The van der Waals surface area contributed by atoms with Gasteiger partial charge in [0.1, 0.15) is 0 Å². The van der Waals surface area contributed by atoms with Crippen LogP contribution in [0.3, 0.4) is 0 Å². The smallest absolute Gasteiger partial charge is 0.0388 e. The maximum Gasteiger partial charge on any atom is 0.0388 e. The number of nitrogens with zero attached hydrogens (tertiary/aromatic N) is 1. The summed E-state index contributed by atoms with van der Waals surface area (Å²) < 4.78 is 0. The Labute approximate surface area is 109 Å². The van der Waals surface area contributed by atoms with Crippen LogP contribution in [0.4, 0.5) is 0 Å². The third kappa shape index (κ3) is 3.54. The summed E-state index contributed by atoms with van der Waals surface area (Å²) in [5.41, 5.74) is 1.43. The highest BCUT2D eigenvalue weighted by atomic mass is 32.1. The molecular weight excluding hydrogens is 228 g/mol. The molecule has 17 heavy (non-hydrogen) atoms. The normalized spacial score (nSPS) is 23.8. The summed E-state index contributed by atoms with van der Waals surface area (Å²) in [6, 6.07) is 2.72. The predicted molar refractivity (Wildman–Crippen MR) is 75.7 cm³/mol. The van der Waals surface area contributed by atoms with Gasteiger partial charge in [0, 0.05) is 17.5 Å². The van der Waals surface area contributed by atoms with E-state index in [1.165, 1.54) is 36.4 Å². The van der Waals surface area contributed by atoms with E-state index in [1.54, 1.807) is 0 Å². The van der Waals surface area contributed by atoms with E-state index in [0.717, 1.165) is 12.5 Å². The minimum Gasteiger partial charge on any atom is -0.309 e. The van der Waals surface area contributed by atoms with Crippen LogP contribution in [-0.4, -0.2) is 31.6 Å². The highest BCUT2D eigenvalue weighted by molar-refractivity contribution is 7.10. The molecule has 1 aromatic heterocycles. The van der Waals surface area contributed by atoms with Gasteiger partial charge in [-0.1, -0.05) is 0 Å². The van der Waals surface area contributed by atoms with Crippen LogP contribution in [0.2, 0.25) is 0 Å². The molecule has 0 saturated carbocycles. The SMILES string of the molecule is Cc1ccsc1C(C)NCC1CCCN(C)C1. The number of piperidine rings is 1. The van der Waals surface area contributed by atoms with Crippen molar-refractivity contribution < 1.29 is 0 Å². The molecule has 0 bridgehead atoms. The van der Waals surface area contributed by atoms with Gasteiger partial charge in [-0.25, -0.2) is 0 Å². The van der Waals surface area contributed by atoms with Gasteiger partial charge in [0.05, 0.1) is 0 Å². The van der Waals surface area contributed by atoms with Gasteiger partial charge in [0.2, 0.25) is 0 Å². The van der Waals surface area contributed by atoms with E-state index in [9.17, 15) is 0 Å². The first-order chi connectivity index (χ1) is 8.16. The molecule has 2 atom stereocenters. The first kappa shape index (κ1) is 13.1. The Hall–Kier alpha value is -0.380. The second kappa shape index (κ2) is 5.98. The van der Waals surface area contributed by atoms with Crippen LogP contribution in [0.25, 0.3) is 0 Å². The van der Waals surface area contributed by atoms with Crippen molar-refractivity contribution in [2.75, 3.05) is 26.7 Å². The summed E-state index contributed by atoms with van der Waals surface area (Å²) in [5, 5.41) is 5.89. The molecule has 0 aromatic carbocycles. The Morgan fingerprint density at radius 2 is 2.41 bits per heavy atom. The van der Waals surface area contributed by atoms with Crippen LogP contribution in [0.5, 0.6) is 0 Å². The molecule has 3 heteroatoms. The van der Waals surface area contributed by atoms with Gasteiger partial charge in [-0.05, 0) is 69.8 Å². The van der Waals surface area contributed by atoms with E-state index < -0.39 is 0 Å². The number of nitrogens with one attached hydrogen (secondary N) is 1. The molecule has 2 unspecified atom stereocenters. The highest BCUT2D eigenvalue weighted by Crippen LogP contribution is 2.24. The fourth-order valence-corrected chi connectivity index (χ4v) is 3.66. The number of likely N-dealkylation sites (tertiary alicyclic amines) is 1. The molecule has 2 nitrogen and oxygen atoms in total. The number of hydrogen-bond acceptors (Lipinski definition) is 3. The Morgan fingerprint density at radius 1 is 1.59 bits per heavy atom. The maximum atomic E-state index is 3.70. The van der Waals surface area contributed by atoms with E-state index in [-0.39, 0.29) is 0 Å². The molecule has 1 saturated heterocycles. The van der Waals surface area contributed by atoms with Gasteiger partial charge < -0.3 is 10.2 Å². The van der Waals surface area contributed by atoms with Gasteiger partial charge in [0.25, 0.3) is 0 Å². The first-order valence-electron chi connectivity index (χ1n) is 6.62. The van der Waals surface area contributed by atoms with Gasteiger partial charge in [-0.3, -0.25) is 0 Å². The monoisotopic (exact) mass is 252 g/mol. The first-order valence-corrected chi connectivity index (χ1v) is 7.50. The molecule has 0 spiro atoms. The van der Waals surface area contributed by atoms with Crippen LogP contribution in [0.1, 0.15) is 36.2 Å². The lowest BCUT2D eigenvalue weighted by molar-refractivity contribution is 0.203. The summed E-state index contributed by atoms with van der Waals surface area (Å²) >= 11 is 1.87. The Bertz CT molecular complexity index is 348. The molecule has 1 N–H and O–H groups in total. The Balaban J connectivity index is 1.80. The van der Waals surface area contributed by atoms with Crippen molar-refractivity contribution in [3.8, 4) is 0 Å². The summed E-state index contributed by atoms with van der Waals surface area (Å²) in [6.07, 6.45) is 2.74. The standard InChI is InChI=1S/C14H24N2S/c1-11-6-8-17-14(11)12(2)15-9-13-5-4-7-16(3)10-13/h6,8,12-13,15H,4-5,7,9-10H2,1-3H3. The van der Waals surface area contributed by atoms with Crippen molar-refractivity contribution in [2.24, 2.45) is 5.92 Å². The van der Waals surface area contributed by atoms with Crippen molar-refractivity contribution in [3.05, 3.63) is 21.9 Å². The average Bonchev–Trinajstić information content (AvgIpc) is 2.72. The number of aryl methyl sites for hydroxylation is 1. The van der Waals surface area contributed by atoms with E-state index >= 15 is 0 Å². The quantitative estimate of drug-likeness (QED) is 0.886. The maximum absolute atomic E-state index is 3.70. The number of thiophene rings is 1. The zero-order chi connectivity index (χ0) is 12.3. The zero-order valence-corrected chi connectivity index (χ0v) is 12.0. The van der Waals surface area contributed by atoms with Crippen LogP contribution in [0.15, 0.2) is 11.4 Å². The van der Waals surface area contributed by atoms with Crippen molar-refractivity contribution in [1.82, 2.24) is 10.2 Å². The topological polar surface area (TPSA) is 15.3 Å². The largest absolute Gasteiger partial charge is 0.309 e. The third-order valence-corrected chi connectivity index (χ3v) is 4.93. The minimum absolute atomic E-state index is 0.502. The zero-order valence-electron chi connectivity index (χ0n) is 11.2. The lowest BCUT2D eigenvalue weighted by Crippen LogP contribution is -2.37. The molecule has 96 valence electrons. The van der Waals surface area contributed by atoms with Crippen LogP contribution < -0.4 is 5.32 Å². The third-order valence-electron chi connectivity index (χ3n) is 3.73. The van der Waals surface area contributed by atoms with Crippen molar-refractivity contribution in [3.63, 3.8) is 0 Å². The molecule has 1 aliphatic rings.